The van der Waals surface area contributed by atoms with E-state index in [1.165, 1.54) is 0 Å². The Morgan fingerprint density at radius 2 is 2.09 bits per heavy atom. The Morgan fingerprint density at radius 1 is 1.26 bits per heavy atom. The Hall–Kier alpha value is -2.51. The number of aromatic nitrogens is 2. The van der Waals surface area contributed by atoms with E-state index in [0.717, 1.165) is 21.8 Å². The zero-order chi connectivity index (χ0) is 16.1. The van der Waals surface area contributed by atoms with Gasteiger partial charge in [0, 0.05) is 18.8 Å². The van der Waals surface area contributed by atoms with Crippen molar-refractivity contribution in [2.75, 3.05) is 7.05 Å². The van der Waals surface area contributed by atoms with E-state index in [-0.39, 0.29) is 0 Å². The Kier molecular flexibility index (Phi) is 4.80. The van der Waals surface area contributed by atoms with Gasteiger partial charge < -0.3 is 5.32 Å². The summed E-state index contributed by atoms with van der Waals surface area (Å²) in [5.41, 5.74) is 5.57. The van der Waals surface area contributed by atoms with Crippen molar-refractivity contribution in [1.29, 1.82) is 0 Å². The number of rotatable bonds is 4. The van der Waals surface area contributed by atoms with E-state index >= 15 is 0 Å². The standard InChI is InChI=1S/C16H15N5S2/c1-17-16(22)19-18-10-12-11-21(13-6-3-2-4-7-13)20-15(12)14-8-5-9-23-14/h2-11H,1H3,(H2,17,19,22)/b18-10-. The van der Waals surface area contributed by atoms with Crippen LogP contribution in [-0.4, -0.2) is 28.2 Å². The first kappa shape index (κ1) is 15.4. The Labute approximate surface area is 143 Å². The maximum absolute atomic E-state index is 5.01. The number of thiophene rings is 1. The van der Waals surface area contributed by atoms with Crippen LogP contribution in [0.25, 0.3) is 16.3 Å². The molecule has 0 aliphatic carbocycles. The quantitative estimate of drug-likeness (QED) is 0.435. The van der Waals surface area contributed by atoms with Gasteiger partial charge in [-0.15, -0.1) is 11.3 Å². The van der Waals surface area contributed by atoms with Crippen LogP contribution in [0, 0.1) is 0 Å². The molecule has 23 heavy (non-hydrogen) atoms. The van der Waals surface area contributed by atoms with Gasteiger partial charge in [0.15, 0.2) is 5.11 Å². The fourth-order valence-electron chi connectivity index (χ4n) is 2.02. The minimum Gasteiger partial charge on any atom is -0.364 e. The second-order valence-corrected chi connectivity index (χ2v) is 6.00. The summed E-state index contributed by atoms with van der Waals surface area (Å²) in [6, 6.07) is 14.0. The van der Waals surface area contributed by atoms with E-state index in [1.807, 2.05) is 58.7 Å². The molecule has 7 heteroatoms. The molecule has 0 aliphatic heterocycles. The Balaban J connectivity index is 1.96. The molecule has 116 valence electrons. The first-order valence-electron chi connectivity index (χ1n) is 6.97. The maximum Gasteiger partial charge on any atom is 0.186 e. The molecule has 2 heterocycles. The molecular formula is C16H15N5S2. The summed E-state index contributed by atoms with van der Waals surface area (Å²) in [4.78, 5) is 1.09. The molecular weight excluding hydrogens is 326 g/mol. The van der Waals surface area contributed by atoms with Crippen molar-refractivity contribution in [3.05, 3.63) is 59.6 Å². The molecule has 0 aliphatic rings. The van der Waals surface area contributed by atoms with Crippen molar-refractivity contribution in [2.24, 2.45) is 5.10 Å². The van der Waals surface area contributed by atoms with E-state index in [9.17, 15) is 0 Å². The number of hydrogen-bond acceptors (Lipinski definition) is 4. The third kappa shape index (κ3) is 3.64. The molecule has 0 saturated carbocycles. The van der Waals surface area contributed by atoms with Crippen molar-refractivity contribution in [3.8, 4) is 16.3 Å². The normalized spacial score (nSPS) is 10.8. The highest BCUT2D eigenvalue weighted by molar-refractivity contribution is 7.80. The van der Waals surface area contributed by atoms with Gasteiger partial charge in [-0.2, -0.15) is 10.2 Å². The molecule has 0 bridgehead atoms. The molecule has 0 saturated heterocycles. The molecule has 1 aromatic carbocycles. The Morgan fingerprint density at radius 3 is 2.78 bits per heavy atom. The Bertz CT molecular complexity index is 806. The minimum atomic E-state index is 0.467. The zero-order valence-corrected chi connectivity index (χ0v) is 14.1. The lowest BCUT2D eigenvalue weighted by Gasteiger charge is -1.99. The summed E-state index contributed by atoms with van der Waals surface area (Å²) in [6.45, 7) is 0. The number of thiocarbonyl (C=S) groups is 1. The number of para-hydroxylation sites is 1. The third-order valence-corrected chi connectivity index (χ3v) is 4.29. The van der Waals surface area contributed by atoms with Crippen molar-refractivity contribution < 1.29 is 0 Å². The second kappa shape index (κ2) is 7.17. The van der Waals surface area contributed by atoms with Crippen LogP contribution in [0.3, 0.4) is 0 Å². The van der Waals surface area contributed by atoms with Crippen LogP contribution in [-0.2, 0) is 0 Å². The van der Waals surface area contributed by atoms with Gasteiger partial charge in [-0.25, -0.2) is 4.68 Å². The first-order valence-corrected chi connectivity index (χ1v) is 8.26. The van der Waals surface area contributed by atoms with Crippen molar-refractivity contribution in [3.63, 3.8) is 0 Å². The lowest BCUT2D eigenvalue weighted by molar-refractivity contribution is 0.885. The van der Waals surface area contributed by atoms with Crippen LogP contribution in [0.15, 0.2) is 59.1 Å². The molecule has 0 spiro atoms. The highest BCUT2D eigenvalue weighted by Gasteiger charge is 2.11. The van der Waals surface area contributed by atoms with Crippen LogP contribution in [0.5, 0.6) is 0 Å². The SMILES string of the molecule is CNC(=S)N/N=C\c1cn(-c2ccccc2)nc1-c1cccs1. The maximum atomic E-state index is 5.01. The van der Waals surface area contributed by atoms with Crippen LogP contribution < -0.4 is 10.7 Å². The van der Waals surface area contributed by atoms with Crippen LogP contribution in [0.4, 0.5) is 0 Å². The van der Waals surface area contributed by atoms with Gasteiger partial charge in [0.1, 0.15) is 5.69 Å². The topological polar surface area (TPSA) is 54.2 Å². The molecule has 0 fully saturated rings. The van der Waals surface area contributed by atoms with Gasteiger partial charge in [0.05, 0.1) is 16.8 Å². The van der Waals surface area contributed by atoms with Gasteiger partial charge in [-0.3, -0.25) is 5.43 Å². The predicted octanol–water partition coefficient (Wildman–Crippen LogP) is 3.03. The summed E-state index contributed by atoms with van der Waals surface area (Å²) in [7, 11) is 1.75. The second-order valence-electron chi connectivity index (χ2n) is 4.64. The molecule has 2 aromatic heterocycles. The third-order valence-electron chi connectivity index (χ3n) is 3.11. The average molecular weight is 341 g/mol. The lowest BCUT2D eigenvalue weighted by atomic mass is 10.2. The van der Waals surface area contributed by atoms with E-state index in [1.54, 1.807) is 24.6 Å². The summed E-state index contributed by atoms with van der Waals surface area (Å²) >= 11 is 6.66. The average Bonchev–Trinajstić information content (AvgIpc) is 3.25. The van der Waals surface area contributed by atoms with Crippen LogP contribution in [0.1, 0.15) is 5.56 Å². The van der Waals surface area contributed by atoms with Crippen molar-refractivity contribution >= 4 is 34.9 Å². The summed E-state index contributed by atoms with van der Waals surface area (Å²) in [6.07, 6.45) is 3.68. The van der Waals surface area contributed by atoms with Crippen molar-refractivity contribution in [2.45, 2.75) is 0 Å². The van der Waals surface area contributed by atoms with E-state index in [2.05, 4.69) is 15.8 Å². The largest absolute Gasteiger partial charge is 0.364 e. The van der Waals surface area contributed by atoms with E-state index < -0.39 is 0 Å². The smallest absolute Gasteiger partial charge is 0.186 e. The molecule has 3 rings (SSSR count). The highest BCUT2D eigenvalue weighted by atomic mass is 32.1. The molecule has 5 nitrogen and oxygen atoms in total. The molecule has 0 radical (unpaired) electrons. The highest BCUT2D eigenvalue weighted by Crippen LogP contribution is 2.26. The summed E-state index contributed by atoms with van der Waals surface area (Å²) in [5.74, 6) is 0. The molecule has 0 atom stereocenters. The molecule has 3 aromatic rings. The fourth-order valence-corrected chi connectivity index (χ4v) is 2.80. The number of benzene rings is 1. The van der Waals surface area contributed by atoms with E-state index in [0.29, 0.717) is 5.11 Å². The summed E-state index contributed by atoms with van der Waals surface area (Å²) in [5, 5.41) is 14.2. The van der Waals surface area contributed by atoms with Crippen molar-refractivity contribution in [1.82, 2.24) is 20.5 Å². The van der Waals surface area contributed by atoms with Gasteiger partial charge in [-0.1, -0.05) is 24.3 Å². The number of hydrazone groups is 1. The number of nitrogens with zero attached hydrogens (tertiary/aromatic N) is 3. The molecule has 2 N–H and O–H groups in total. The number of nitrogens with one attached hydrogen (secondary N) is 2. The minimum absolute atomic E-state index is 0.467. The van der Waals surface area contributed by atoms with E-state index in [4.69, 9.17) is 17.3 Å². The molecule has 0 unspecified atom stereocenters. The monoisotopic (exact) mass is 341 g/mol. The van der Waals surface area contributed by atoms with Gasteiger partial charge in [-0.05, 0) is 35.8 Å². The predicted molar refractivity (Wildman–Crippen MR) is 99.3 cm³/mol. The fraction of sp³-hybridized carbons (Fsp3) is 0.0625. The molecule has 0 amide bonds. The van der Waals surface area contributed by atoms with Crippen LogP contribution in [0.2, 0.25) is 0 Å². The number of hydrogen-bond donors (Lipinski definition) is 2. The zero-order valence-electron chi connectivity index (χ0n) is 12.4. The van der Waals surface area contributed by atoms with Crippen LogP contribution >= 0.6 is 23.6 Å². The van der Waals surface area contributed by atoms with Gasteiger partial charge in [0.25, 0.3) is 0 Å². The van der Waals surface area contributed by atoms with Gasteiger partial charge in [0.2, 0.25) is 0 Å². The summed E-state index contributed by atoms with van der Waals surface area (Å²) < 4.78 is 1.85. The first-order chi connectivity index (χ1) is 11.3. The lowest BCUT2D eigenvalue weighted by Crippen LogP contribution is -2.28. The van der Waals surface area contributed by atoms with Gasteiger partial charge >= 0.3 is 0 Å².